The minimum Gasteiger partial charge on any atom is -0.309 e. The fourth-order valence-electron chi connectivity index (χ4n) is 2.86. The predicted molar refractivity (Wildman–Crippen MR) is 92.7 cm³/mol. The topological polar surface area (TPSA) is 88.0 Å². The molecule has 126 valence electrons. The Labute approximate surface area is 144 Å². The third-order valence-electron chi connectivity index (χ3n) is 4.44. The van der Waals surface area contributed by atoms with Gasteiger partial charge in [0, 0.05) is 17.7 Å². The summed E-state index contributed by atoms with van der Waals surface area (Å²) in [7, 11) is 0. The number of nitrogens with zero attached hydrogens (tertiary/aromatic N) is 5. The number of carbonyl (C=O) groups excluding carboxylic acids is 1. The molecule has 3 aromatic heterocycles. The molecule has 0 bridgehead atoms. The van der Waals surface area contributed by atoms with E-state index in [-0.39, 0.29) is 17.9 Å². The molecule has 1 fully saturated rings. The smallest absolute Gasteiger partial charge is 0.228 e. The van der Waals surface area contributed by atoms with Gasteiger partial charge in [-0.1, -0.05) is 13.0 Å². The Bertz CT molecular complexity index is 975. The maximum Gasteiger partial charge on any atom is 0.228 e. The Kier molecular flexibility index (Phi) is 3.73. The van der Waals surface area contributed by atoms with Crippen LogP contribution < -0.4 is 5.32 Å². The molecule has 1 atom stereocenters. The number of aromatic nitrogens is 4. The van der Waals surface area contributed by atoms with Crippen molar-refractivity contribution in [2.75, 3.05) is 5.32 Å². The summed E-state index contributed by atoms with van der Waals surface area (Å²) in [5, 5.41) is 16.4. The van der Waals surface area contributed by atoms with E-state index < -0.39 is 0 Å². The normalized spacial score (nSPS) is 15.0. The molecule has 1 saturated carbocycles. The molecule has 1 N–H and O–H groups in total. The van der Waals surface area contributed by atoms with E-state index in [9.17, 15) is 10.1 Å². The number of carbonyl (C=O) groups is 1. The summed E-state index contributed by atoms with van der Waals surface area (Å²) in [6, 6.07) is 7.75. The number of imidazole rings is 1. The summed E-state index contributed by atoms with van der Waals surface area (Å²) >= 11 is 0. The van der Waals surface area contributed by atoms with Gasteiger partial charge in [-0.05, 0) is 31.4 Å². The van der Waals surface area contributed by atoms with Crippen LogP contribution >= 0.6 is 0 Å². The van der Waals surface area contributed by atoms with Crippen LogP contribution in [0.25, 0.3) is 16.9 Å². The quantitative estimate of drug-likeness (QED) is 0.777. The van der Waals surface area contributed by atoms with Crippen LogP contribution in [0, 0.1) is 17.2 Å². The zero-order valence-electron chi connectivity index (χ0n) is 13.9. The minimum absolute atomic E-state index is 0.0394. The first-order valence-corrected chi connectivity index (χ1v) is 8.42. The van der Waals surface area contributed by atoms with Crippen LogP contribution in [-0.2, 0) is 4.79 Å². The van der Waals surface area contributed by atoms with Crippen molar-refractivity contribution < 1.29 is 4.79 Å². The fourth-order valence-corrected chi connectivity index (χ4v) is 2.86. The number of fused-ring (bicyclic) bond motifs is 1. The number of anilines is 1. The summed E-state index contributed by atoms with van der Waals surface area (Å²) < 4.78 is 3.61. The Morgan fingerprint density at radius 1 is 1.44 bits per heavy atom. The van der Waals surface area contributed by atoms with Gasteiger partial charge in [-0.3, -0.25) is 13.9 Å². The Morgan fingerprint density at radius 3 is 3.00 bits per heavy atom. The molecule has 7 heteroatoms. The van der Waals surface area contributed by atoms with E-state index in [4.69, 9.17) is 0 Å². The van der Waals surface area contributed by atoms with Crippen molar-refractivity contribution in [2.45, 2.75) is 32.2 Å². The second-order valence-electron chi connectivity index (χ2n) is 6.29. The van der Waals surface area contributed by atoms with Gasteiger partial charge in [-0.25, -0.2) is 4.98 Å². The lowest BCUT2D eigenvalue weighted by Crippen LogP contribution is -2.13. The van der Waals surface area contributed by atoms with E-state index in [2.05, 4.69) is 21.5 Å². The van der Waals surface area contributed by atoms with Crippen LogP contribution in [0.15, 0.2) is 36.8 Å². The van der Waals surface area contributed by atoms with Crippen molar-refractivity contribution in [1.82, 2.24) is 19.2 Å². The van der Waals surface area contributed by atoms with Gasteiger partial charge in [0.15, 0.2) is 5.82 Å². The fraction of sp³-hybridized carbons (Fsp3) is 0.333. The van der Waals surface area contributed by atoms with Crippen LogP contribution in [0.4, 0.5) is 5.82 Å². The van der Waals surface area contributed by atoms with Gasteiger partial charge in [0.05, 0.1) is 24.2 Å². The number of nitrogens with one attached hydrogen (secondary N) is 1. The molecule has 25 heavy (non-hydrogen) atoms. The third-order valence-corrected chi connectivity index (χ3v) is 4.44. The van der Waals surface area contributed by atoms with Gasteiger partial charge in [0.1, 0.15) is 11.7 Å². The monoisotopic (exact) mass is 334 g/mol. The van der Waals surface area contributed by atoms with Crippen molar-refractivity contribution in [2.24, 2.45) is 5.92 Å². The number of hydrogen-bond donors (Lipinski definition) is 1. The second kappa shape index (κ2) is 6.06. The zero-order valence-corrected chi connectivity index (χ0v) is 13.9. The zero-order chi connectivity index (χ0) is 17.4. The highest BCUT2D eigenvalue weighted by Crippen LogP contribution is 2.30. The van der Waals surface area contributed by atoms with E-state index in [1.807, 2.05) is 41.9 Å². The molecule has 1 unspecified atom stereocenters. The lowest BCUT2D eigenvalue weighted by Gasteiger charge is -2.05. The summed E-state index contributed by atoms with van der Waals surface area (Å²) in [6.07, 6.45) is 8.06. The van der Waals surface area contributed by atoms with Gasteiger partial charge < -0.3 is 5.32 Å². The van der Waals surface area contributed by atoms with Gasteiger partial charge in [0.25, 0.3) is 0 Å². The molecule has 3 heterocycles. The van der Waals surface area contributed by atoms with Crippen LogP contribution in [0.5, 0.6) is 0 Å². The summed E-state index contributed by atoms with van der Waals surface area (Å²) in [5.74, 6) is 0.734. The Balaban J connectivity index is 1.68. The van der Waals surface area contributed by atoms with Gasteiger partial charge >= 0.3 is 0 Å². The first kappa shape index (κ1) is 15.4. The molecule has 4 rings (SSSR count). The van der Waals surface area contributed by atoms with Crippen molar-refractivity contribution >= 4 is 17.4 Å². The van der Waals surface area contributed by atoms with Gasteiger partial charge in [0.2, 0.25) is 5.91 Å². The SMILES string of the molecule is CCC(C#N)n1cc(-c2cccc3nc(NC(=O)C4CC4)cn23)cn1. The van der Waals surface area contributed by atoms with Crippen molar-refractivity contribution in [1.29, 1.82) is 5.26 Å². The average Bonchev–Trinajstić information content (AvgIpc) is 3.22. The van der Waals surface area contributed by atoms with E-state index in [1.165, 1.54) is 0 Å². The van der Waals surface area contributed by atoms with Crippen LogP contribution in [0.3, 0.4) is 0 Å². The second-order valence-corrected chi connectivity index (χ2v) is 6.29. The number of amides is 1. The van der Waals surface area contributed by atoms with E-state index >= 15 is 0 Å². The molecule has 1 amide bonds. The van der Waals surface area contributed by atoms with Crippen molar-refractivity contribution in [3.63, 3.8) is 0 Å². The third kappa shape index (κ3) is 2.87. The first-order chi connectivity index (χ1) is 12.2. The Morgan fingerprint density at radius 2 is 2.28 bits per heavy atom. The van der Waals surface area contributed by atoms with Crippen LogP contribution in [0.2, 0.25) is 0 Å². The summed E-state index contributed by atoms with van der Waals surface area (Å²) in [6.45, 7) is 1.96. The highest BCUT2D eigenvalue weighted by atomic mass is 16.2. The standard InChI is InChI=1S/C18H18N6O/c1-2-14(8-19)24-10-13(9-20-24)15-4-3-5-17-21-16(11-23(15)17)22-18(25)12-6-7-12/h3-5,9-12,14H,2,6-7H2,1H3,(H,22,25). The molecule has 1 aliphatic rings. The Hall–Kier alpha value is -3.14. The van der Waals surface area contributed by atoms with Gasteiger partial charge in [-0.2, -0.15) is 10.4 Å². The first-order valence-electron chi connectivity index (χ1n) is 8.42. The predicted octanol–water partition coefficient (Wildman–Crippen LogP) is 3.02. The lowest BCUT2D eigenvalue weighted by atomic mass is 10.2. The van der Waals surface area contributed by atoms with E-state index in [0.717, 1.165) is 29.7 Å². The highest BCUT2D eigenvalue weighted by molar-refractivity contribution is 5.93. The lowest BCUT2D eigenvalue weighted by molar-refractivity contribution is -0.117. The molecule has 0 spiro atoms. The number of hydrogen-bond acceptors (Lipinski definition) is 4. The van der Waals surface area contributed by atoms with E-state index in [1.54, 1.807) is 10.9 Å². The average molecular weight is 334 g/mol. The molecular weight excluding hydrogens is 316 g/mol. The minimum atomic E-state index is -0.274. The highest BCUT2D eigenvalue weighted by Gasteiger charge is 2.30. The maximum atomic E-state index is 11.9. The van der Waals surface area contributed by atoms with Crippen molar-refractivity contribution in [3.8, 4) is 17.3 Å². The molecule has 0 aromatic carbocycles. The molecule has 7 nitrogen and oxygen atoms in total. The largest absolute Gasteiger partial charge is 0.309 e. The summed E-state index contributed by atoms with van der Waals surface area (Å²) in [4.78, 5) is 16.4. The summed E-state index contributed by atoms with van der Waals surface area (Å²) in [5.41, 5.74) is 2.57. The molecule has 0 radical (unpaired) electrons. The molecular formula is C18H18N6O. The number of nitriles is 1. The number of pyridine rings is 1. The van der Waals surface area contributed by atoms with Crippen LogP contribution in [-0.4, -0.2) is 25.1 Å². The van der Waals surface area contributed by atoms with Gasteiger partial charge in [-0.15, -0.1) is 0 Å². The number of rotatable bonds is 5. The molecule has 0 saturated heterocycles. The maximum absolute atomic E-state index is 11.9. The van der Waals surface area contributed by atoms with Crippen molar-refractivity contribution in [3.05, 3.63) is 36.8 Å². The molecule has 0 aliphatic heterocycles. The van der Waals surface area contributed by atoms with E-state index in [0.29, 0.717) is 12.2 Å². The molecule has 3 aromatic rings. The molecule has 1 aliphatic carbocycles. The van der Waals surface area contributed by atoms with Crippen LogP contribution in [0.1, 0.15) is 32.2 Å².